The van der Waals surface area contributed by atoms with Gasteiger partial charge in [-0.25, -0.2) is 4.79 Å². The zero-order valence-corrected chi connectivity index (χ0v) is 22.0. The predicted molar refractivity (Wildman–Crippen MR) is 145 cm³/mol. The number of aromatic nitrogens is 1. The molecule has 4 rings (SSSR count). The van der Waals surface area contributed by atoms with Crippen LogP contribution in [0.5, 0.6) is 0 Å². The summed E-state index contributed by atoms with van der Waals surface area (Å²) in [6.45, 7) is 5.00. The summed E-state index contributed by atoms with van der Waals surface area (Å²) in [5.41, 5.74) is 1.52. The highest BCUT2D eigenvalue weighted by Crippen LogP contribution is 2.38. The number of piperazine rings is 1. The van der Waals surface area contributed by atoms with Crippen molar-refractivity contribution in [1.82, 2.24) is 9.79 Å². The SMILES string of the molecule is CB(O)N1CCN(c2ccc(CC(=O)c3ccc(C)c(C#Cc4cncc(C(=O)O)c4)c3)cc2C(F)(F)F)CC1. The number of hydrogen-bond acceptors (Lipinski definition) is 6. The number of ketones is 1. The van der Waals surface area contributed by atoms with Crippen LogP contribution in [-0.4, -0.2) is 64.9 Å². The zero-order chi connectivity index (χ0) is 29.0. The minimum absolute atomic E-state index is 0.00119. The van der Waals surface area contributed by atoms with Gasteiger partial charge in [0, 0.05) is 67.4 Å². The van der Waals surface area contributed by atoms with Gasteiger partial charge < -0.3 is 19.8 Å². The second-order valence-electron chi connectivity index (χ2n) is 9.65. The van der Waals surface area contributed by atoms with Crippen molar-refractivity contribution in [2.75, 3.05) is 31.1 Å². The second-order valence-corrected chi connectivity index (χ2v) is 9.65. The van der Waals surface area contributed by atoms with Crippen LogP contribution >= 0.6 is 0 Å². The number of benzene rings is 2. The molecule has 1 aliphatic rings. The van der Waals surface area contributed by atoms with E-state index in [9.17, 15) is 27.8 Å². The lowest BCUT2D eigenvalue weighted by Crippen LogP contribution is -2.51. The molecule has 0 aliphatic carbocycles. The van der Waals surface area contributed by atoms with Crippen LogP contribution in [0.4, 0.5) is 18.9 Å². The van der Waals surface area contributed by atoms with Gasteiger partial charge in [0.2, 0.25) is 0 Å². The molecule has 2 N–H and O–H groups in total. The number of carbonyl (C=O) groups excluding carboxylic acids is 1. The fraction of sp³-hybridized carbons (Fsp3) is 0.276. The molecule has 1 aliphatic heterocycles. The van der Waals surface area contributed by atoms with E-state index >= 15 is 0 Å². The van der Waals surface area contributed by atoms with E-state index < -0.39 is 24.8 Å². The molecule has 0 saturated carbocycles. The van der Waals surface area contributed by atoms with E-state index in [4.69, 9.17) is 5.11 Å². The van der Waals surface area contributed by atoms with Crippen molar-refractivity contribution in [1.29, 1.82) is 0 Å². The first-order valence-electron chi connectivity index (χ1n) is 12.6. The molecule has 0 amide bonds. The van der Waals surface area contributed by atoms with Crippen LogP contribution in [0.3, 0.4) is 0 Å². The van der Waals surface area contributed by atoms with Crippen LogP contribution in [-0.2, 0) is 12.6 Å². The molecular weight excluding hydrogens is 522 g/mol. The minimum atomic E-state index is -4.60. The summed E-state index contributed by atoms with van der Waals surface area (Å²) in [6, 6.07) is 10.3. The molecule has 11 heteroatoms. The van der Waals surface area contributed by atoms with Gasteiger partial charge in [0.05, 0.1) is 11.1 Å². The Morgan fingerprint density at radius 3 is 2.38 bits per heavy atom. The van der Waals surface area contributed by atoms with Gasteiger partial charge in [0.15, 0.2) is 5.78 Å². The fourth-order valence-corrected chi connectivity index (χ4v) is 4.51. The lowest BCUT2D eigenvalue weighted by molar-refractivity contribution is -0.137. The number of rotatable bonds is 6. The van der Waals surface area contributed by atoms with Crippen molar-refractivity contribution in [3.05, 3.63) is 93.8 Å². The summed E-state index contributed by atoms with van der Waals surface area (Å²) in [4.78, 5) is 31.6. The Morgan fingerprint density at radius 2 is 1.73 bits per heavy atom. The van der Waals surface area contributed by atoms with Crippen LogP contribution in [0.25, 0.3) is 0 Å². The van der Waals surface area contributed by atoms with E-state index in [0.29, 0.717) is 42.9 Å². The molecule has 2 aromatic carbocycles. The van der Waals surface area contributed by atoms with Crippen molar-refractivity contribution in [3.8, 4) is 11.8 Å². The Hall–Kier alpha value is -4.14. The average Bonchev–Trinajstić information content (AvgIpc) is 2.92. The third-order valence-electron chi connectivity index (χ3n) is 6.80. The van der Waals surface area contributed by atoms with E-state index in [1.54, 1.807) is 47.7 Å². The quantitative estimate of drug-likeness (QED) is 0.271. The molecule has 0 radical (unpaired) electrons. The van der Waals surface area contributed by atoms with Crippen molar-refractivity contribution in [2.24, 2.45) is 0 Å². The molecule has 0 unspecified atom stereocenters. The smallest absolute Gasteiger partial charge is 0.418 e. The number of aryl methyl sites for hydroxylation is 1. The first-order valence-corrected chi connectivity index (χ1v) is 12.6. The van der Waals surface area contributed by atoms with Gasteiger partial charge in [-0.15, -0.1) is 0 Å². The largest absolute Gasteiger partial charge is 0.478 e. The summed E-state index contributed by atoms with van der Waals surface area (Å²) in [7, 11) is -0.661. The van der Waals surface area contributed by atoms with Crippen LogP contribution in [0.2, 0.25) is 6.82 Å². The molecular formula is C29H27BF3N3O4. The molecule has 0 atom stereocenters. The molecule has 7 nitrogen and oxygen atoms in total. The van der Waals surface area contributed by atoms with Gasteiger partial charge in [0.1, 0.15) is 0 Å². The molecule has 1 aromatic heterocycles. The van der Waals surface area contributed by atoms with Gasteiger partial charge in [0.25, 0.3) is 0 Å². The van der Waals surface area contributed by atoms with Crippen LogP contribution in [0.1, 0.15) is 48.5 Å². The molecule has 206 valence electrons. The first kappa shape index (κ1) is 28.9. The highest BCUT2D eigenvalue weighted by Gasteiger charge is 2.36. The Kier molecular flexibility index (Phi) is 8.62. The lowest BCUT2D eigenvalue weighted by atomic mass is 9.84. The van der Waals surface area contributed by atoms with Crippen molar-refractivity contribution >= 4 is 24.5 Å². The van der Waals surface area contributed by atoms with Crippen LogP contribution in [0.15, 0.2) is 54.9 Å². The van der Waals surface area contributed by atoms with Gasteiger partial charge >= 0.3 is 19.2 Å². The Bertz CT molecular complexity index is 1490. The van der Waals surface area contributed by atoms with Gasteiger partial charge in [-0.05, 0) is 49.1 Å². The van der Waals surface area contributed by atoms with Gasteiger partial charge in [-0.3, -0.25) is 9.78 Å². The van der Waals surface area contributed by atoms with Gasteiger partial charge in [-0.2, -0.15) is 13.2 Å². The molecule has 2 heterocycles. The molecule has 1 fully saturated rings. The average molecular weight is 549 g/mol. The molecule has 40 heavy (non-hydrogen) atoms. The van der Waals surface area contributed by atoms with E-state index in [1.165, 1.54) is 24.5 Å². The monoisotopic (exact) mass is 549 g/mol. The number of anilines is 1. The Labute approximate surface area is 230 Å². The lowest BCUT2D eigenvalue weighted by Gasteiger charge is -2.37. The highest BCUT2D eigenvalue weighted by atomic mass is 19.4. The maximum Gasteiger partial charge on any atom is 0.418 e. The van der Waals surface area contributed by atoms with Crippen LogP contribution in [0, 0.1) is 18.8 Å². The van der Waals surface area contributed by atoms with Crippen LogP contribution < -0.4 is 4.90 Å². The zero-order valence-electron chi connectivity index (χ0n) is 22.0. The standard InChI is InChI=1S/C29H27BF3N3O4/c1-19-3-6-23(16-22(19)7-4-21-13-24(28(38)39)18-34-17-21)27(37)15-20-5-8-26(25(14-20)29(31,32)33)35-9-11-36(12-10-35)30(2)40/h3,5-6,8,13-14,16-18,40H,9-12,15H2,1-2H3,(H,38,39). The number of nitrogens with zero attached hydrogens (tertiary/aromatic N) is 3. The van der Waals surface area contributed by atoms with Crippen molar-refractivity contribution < 1.29 is 32.9 Å². The number of pyridine rings is 1. The number of hydrogen-bond donors (Lipinski definition) is 2. The summed E-state index contributed by atoms with van der Waals surface area (Å²) >= 11 is 0. The van der Waals surface area contributed by atoms with E-state index in [1.807, 2.05) is 0 Å². The Morgan fingerprint density at radius 1 is 1.00 bits per heavy atom. The normalized spacial score (nSPS) is 13.9. The number of halogens is 3. The van der Waals surface area contributed by atoms with E-state index in [-0.39, 0.29) is 29.0 Å². The second kappa shape index (κ2) is 11.9. The molecule has 1 saturated heterocycles. The summed E-state index contributed by atoms with van der Waals surface area (Å²) in [6.07, 6.45) is -2.18. The molecule has 0 bridgehead atoms. The maximum atomic E-state index is 14.0. The molecule has 3 aromatic rings. The number of Topliss-reactive ketones (excluding diaryl/α,β-unsaturated/α-hetero) is 1. The molecule has 0 spiro atoms. The summed E-state index contributed by atoms with van der Waals surface area (Å²) in [5, 5.41) is 18.9. The highest BCUT2D eigenvalue weighted by molar-refractivity contribution is 6.45. The minimum Gasteiger partial charge on any atom is -0.478 e. The third kappa shape index (κ3) is 6.89. The summed E-state index contributed by atoms with van der Waals surface area (Å²) < 4.78 is 42.1. The fourth-order valence-electron chi connectivity index (χ4n) is 4.51. The maximum absolute atomic E-state index is 14.0. The summed E-state index contributed by atoms with van der Waals surface area (Å²) in [5.74, 6) is 4.30. The topological polar surface area (TPSA) is 94.0 Å². The van der Waals surface area contributed by atoms with E-state index in [0.717, 1.165) is 11.6 Å². The van der Waals surface area contributed by atoms with Gasteiger partial charge in [-0.1, -0.05) is 30.0 Å². The number of alkyl halides is 3. The number of aromatic carboxylic acids is 1. The number of carboxylic acids is 1. The van der Waals surface area contributed by atoms with E-state index in [2.05, 4.69) is 16.8 Å². The van der Waals surface area contributed by atoms with Crippen molar-refractivity contribution in [2.45, 2.75) is 26.3 Å². The number of carbonyl (C=O) groups is 2. The predicted octanol–water partition coefficient (Wildman–Crippen LogP) is 4.16. The number of carboxylic acid groups (broad SMARTS) is 1. The van der Waals surface area contributed by atoms with Crippen molar-refractivity contribution in [3.63, 3.8) is 0 Å². The third-order valence-corrected chi connectivity index (χ3v) is 6.80. The Balaban J connectivity index is 1.54. The first-order chi connectivity index (χ1) is 18.9.